The first-order valence-electron chi connectivity index (χ1n) is 6.43. The van der Waals surface area contributed by atoms with E-state index in [0.29, 0.717) is 6.54 Å². The maximum Gasteiger partial charge on any atom is 0.251 e. The Bertz CT molecular complexity index is 357. The van der Waals surface area contributed by atoms with Gasteiger partial charge in [-0.25, -0.2) is 0 Å². The van der Waals surface area contributed by atoms with E-state index < -0.39 is 0 Å². The van der Waals surface area contributed by atoms with Crippen molar-refractivity contribution in [2.24, 2.45) is 0 Å². The molecule has 0 spiro atoms. The van der Waals surface area contributed by atoms with Gasteiger partial charge in [0.25, 0.3) is 5.91 Å². The molecule has 0 radical (unpaired) electrons. The van der Waals surface area contributed by atoms with Crippen LogP contribution in [0.25, 0.3) is 0 Å². The highest BCUT2D eigenvalue weighted by molar-refractivity contribution is 7.98. The molecule has 108 valence electrons. The Labute approximate surface area is 126 Å². The molecular formula is C14H23ClN2OS. The first kappa shape index (κ1) is 18.3. The number of amides is 1. The number of carbonyl (C=O) groups excluding carboxylic acids is 1. The van der Waals surface area contributed by atoms with Gasteiger partial charge in [-0.15, -0.1) is 12.4 Å². The van der Waals surface area contributed by atoms with Crippen molar-refractivity contribution in [1.29, 1.82) is 0 Å². The molecule has 1 rings (SSSR count). The zero-order valence-electron chi connectivity index (χ0n) is 11.6. The summed E-state index contributed by atoms with van der Waals surface area (Å²) in [6.07, 6.45) is 0. The van der Waals surface area contributed by atoms with Crippen LogP contribution in [0.15, 0.2) is 24.3 Å². The average Bonchev–Trinajstić information content (AvgIpc) is 2.41. The molecule has 5 heteroatoms. The van der Waals surface area contributed by atoms with Gasteiger partial charge in [0.15, 0.2) is 0 Å². The molecule has 0 bridgehead atoms. The zero-order valence-corrected chi connectivity index (χ0v) is 13.2. The van der Waals surface area contributed by atoms with Crippen molar-refractivity contribution in [3.63, 3.8) is 0 Å². The summed E-state index contributed by atoms with van der Waals surface area (Å²) in [5.41, 5.74) is 2.00. The molecule has 0 heterocycles. The molecule has 0 fully saturated rings. The minimum absolute atomic E-state index is 0. The lowest BCUT2D eigenvalue weighted by atomic mass is 10.1. The maximum absolute atomic E-state index is 11.8. The fourth-order valence-electron chi connectivity index (χ4n) is 1.52. The molecule has 0 aliphatic rings. The summed E-state index contributed by atoms with van der Waals surface area (Å²) in [6.45, 7) is 6.61. The van der Waals surface area contributed by atoms with Crippen LogP contribution in [0.4, 0.5) is 0 Å². The third-order valence-corrected chi connectivity index (χ3v) is 3.47. The Hall–Kier alpha value is -0.710. The van der Waals surface area contributed by atoms with Gasteiger partial charge in [-0.05, 0) is 30.0 Å². The minimum atomic E-state index is 0. The van der Waals surface area contributed by atoms with Crippen LogP contribution in [0.5, 0.6) is 0 Å². The standard InChI is InChI=1S/C14H22N2OS.ClH/c1-3-15-9-10-16-14(17)13-7-5-12(6-8-13)11-18-4-2;/h5-8,15H,3-4,9-11H2,1-2H3,(H,16,17);1H. The Morgan fingerprint density at radius 1 is 1.16 bits per heavy atom. The van der Waals surface area contributed by atoms with E-state index in [2.05, 4.69) is 24.5 Å². The van der Waals surface area contributed by atoms with Crippen molar-refractivity contribution in [2.75, 3.05) is 25.4 Å². The van der Waals surface area contributed by atoms with Crippen LogP contribution in [0.2, 0.25) is 0 Å². The molecule has 1 aromatic rings. The molecule has 19 heavy (non-hydrogen) atoms. The van der Waals surface area contributed by atoms with E-state index >= 15 is 0 Å². The number of rotatable bonds is 8. The van der Waals surface area contributed by atoms with Gasteiger partial charge in [0.2, 0.25) is 0 Å². The highest BCUT2D eigenvalue weighted by Gasteiger charge is 2.04. The van der Waals surface area contributed by atoms with Crippen LogP contribution < -0.4 is 10.6 Å². The van der Waals surface area contributed by atoms with Crippen molar-refractivity contribution in [3.8, 4) is 0 Å². The second-order valence-electron chi connectivity index (χ2n) is 3.94. The lowest BCUT2D eigenvalue weighted by Crippen LogP contribution is -2.31. The summed E-state index contributed by atoms with van der Waals surface area (Å²) in [7, 11) is 0. The lowest BCUT2D eigenvalue weighted by Gasteiger charge is -2.06. The van der Waals surface area contributed by atoms with Crippen LogP contribution in [0, 0.1) is 0 Å². The predicted molar refractivity (Wildman–Crippen MR) is 86.4 cm³/mol. The number of carbonyl (C=O) groups is 1. The maximum atomic E-state index is 11.8. The van der Waals surface area contributed by atoms with Gasteiger partial charge in [0.05, 0.1) is 0 Å². The van der Waals surface area contributed by atoms with Gasteiger partial charge in [-0.2, -0.15) is 11.8 Å². The molecule has 0 saturated heterocycles. The molecule has 2 N–H and O–H groups in total. The number of benzene rings is 1. The summed E-state index contributed by atoms with van der Waals surface area (Å²) in [4.78, 5) is 11.8. The number of thioether (sulfide) groups is 1. The first-order valence-corrected chi connectivity index (χ1v) is 7.59. The summed E-state index contributed by atoms with van der Waals surface area (Å²) in [6, 6.07) is 7.85. The molecule has 0 saturated carbocycles. The highest BCUT2D eigenvalue weighted by Crippen LogP contribution is 2.12. The number of hydrogen-bond acceptors (Lipinski definition) is 3. The van der Waals surface area contributed by atoms with Crippen molar-refractivity contribution < 1.29 is 4.79 Å². The average molecular weight is 303 g/mol. The quantitative estimate of drug-likeness (QED) is 0.726. The largest absolute Gasteiger partial charge is 0.351 e. The monoisotopic (exact) mass is 302 g/mol. The smallest absolute Gasteiger partial charge is 0.251 e. The number of likely N-dealkylation sites (N-methyl/N-ethyl adjacent to an activating group) is 1. The Balaban J connectivity index is 0.00000324. The highest BCUT2D eigenvalue weighted by atomic mass is 35.5. The van der Waals surface area contributed by atoms with E-state index in [1.807, 2.05) is 36.0 Å². The topological polar surface area (TPSA) is 41.1 Å². The van der Waals surface area contributed by atoms with Gasteiger partial charge in [0, 0.05) is 24.4 Å². The van der Waals surface area contributed by atoms with E-state index in [1.165, 1.54) is 5.56 Å². The summed E-state index contributed by atoms with van der Waals surface area (Å²) in [5, 5.41) is 6.06. The second-order valence-corrected chi connectivity index (χ2v) is 5.22. The van der Waals surface area contributed by atoms with Crippen LogP contribution in [0.1, 0.15) is 29.8 Å². The molecule has 0 aliphatic heterocycles. The normalized spacial score (nSPS) is 9.79. The van der Waals surface area contributed by atoms with Crippen LogP contribution in [0.3, 0.4) is 0 Å². The summed E-state index contributed by atoms with van der Waals surface area (Å²) >= 11 is 1.89. The number of hydrogen-bond donors (Lipinski definition) is 2. The number of halogens is 1. The summed E-state index contributed by atoms with van der Waals surface area (Å²) in [5.74, 6) is 2.13. The lowest BCUT2D eigenvalue weighted by molar-refractivity contribution is 0.0954. The van der Waals surface area contributed by atoms with Crippen molar-refractivity contribution in [3.05, 3.63) is 35.4 Å². The van der Waals surface area contributed by atoms with E-state index in [9.17, 15) is 4.79 Å². The fourth-order valence-corrected chi connectivity index (χ4v) is 2.15. The van der Waals surface area contributed by atoms with Gasteiger partial charge < -0.3 is 10.6 Å². The van der Waals surface area contributed by atoms with Crippen molar-refractivity contribution in [1.82, 2.24) is 10.6 Å². The van der Waals surface area contributed by atoms with E-state index in [4.69, 9.17) is 0 Å². The minimum Gasteiger partial charge on any atom is -0.351 e. The third-order valence-electron chi connectivity index (χ3n) is 2.53. The molecule has 0 atom stereocenters. The number of nitrogens with one attached hydrogen (secondary N) is 2. The van der Waals surface area contributed by atoms with Gasteiger partial charge in [-0.1, -0.05) is 26.0 Å². The molecule has 1 aromatic carbocycles. The van der Waals surface area contributed by atoms with E-state index in [0.717, 1.165) is 30.2 Å². The zero-order chi connectivity index (χ0) is 13.2. The van der Waals surface area contributed by atoms with Gasteiger partial charge >= 0.3 is 0 Å². The molecular weight excluding hydrogens is 280 g/mol. The van der Waals surface area contributed by atoms with Crippen LogP contribution in [-0.2, 0) is 5.75 Å². The molecule has 1 amide bonds. The van der Waals surface area contributed by atoms with Crippen molar-refractivity contribution in [2.45, 2.75) is 19.6 Å². The third kappa shape index (κ3) is 7.45. The molecule has 0 unspecified atom stereocenters. The predicted octanol–water partition coefficient (Wildman–Crippen LogP) is 2.70. The van der Waals surface area contributed by atoms with Gasteiger partial charge in [0.1, 0.15) is 0 Å². The Morgan fingerprint density at radius 3 is 2.42 bits per heavy atom. The Morgan fingerprint density at radius 2 is 1.84 bits per heavy atom. The van der Waals surface area contributed by atoms with Gasteiger partial charge in [-0.3, -0.25) is 4.79 Å². The van der Waals surface area contributed by atoms with E-state index in [-0.39, 0.29) is 18.3 Å². The summed E-state index contributed by atoms with van der Waals surface area (Å²) < 4.78 is 0. The van der Waals surface area contributed by atoms with E-state index in [1.54, 1.807) is 0 Å². The Kier molecular flexibility index (Phi) is 10.7. The first-order chi connectivity index (χ1) is 8.77. The van der Waals surface area contributed by atoms with Crippen molar-refractivity contribution >= 4 is 30.1 Å². The fraction of sp³-hybridized carbons (Fsp3) is 0.500. The molecule has 0 aliphatic carbocycles. The SMILES string of the molecule is CCNCCNC(=O)c1ccc(CSCC)cc1.Cl. The van der Waals surface area contributed by atoms with Crippen LogP contribution >= 0.6 is 24.2 Å². The molecule has 0 aromatic heterocycles. The molecule has 3 nitrogen and oxygen atoms in total. The second kappa shape index (κ2) is 11.1. The van der Waals surface area contributed by atoms with Crippen LogP contribution in [-0.4, -0.2) is 31.3 Å².